The highest BCUT2D eigenvalue weighted by Gasteiger charge is 2.12. The van der Waals surface area contributed by atoms with Gasteiger partial charge in [0.25, 0.3) is 0 Å². The molecule has 0 saturated carbocycles. The Morgan fingerprint density at radius 1 is 1.55 bits per heavy atom. The molecule has 0 aliphatic heterocycles. The molecule has 0 bridgehead atoms. The molecular formula is C8H5BrClN. The molecule has 0 unspecified atom stereocenters. The fourth-order valence-electron chi connectivity index (χ4n) is 1.19. The SMILES string of the molecule is Clc1ncc(Br)c2c1CC=C2. The summed E-state index contributed by atoms with van der Waals surface area (Å²) in [5, 5.41) is 0.619. The van der Waals surface area contributed by atoms with Gasteiger partial charge in [0, 0.05) is 16.2 Å². The highest BCUT2D eigenvalue weighted by molar-refractivity contribution is 9.10. The first kappa shape index (κ1) is 7.32. The Morgan fingerprint density at radius 2 is 2.36 bits per heavy atom. The van der Waals surface area contributed by atoms with Crippen LogP contribution in [-0.2, 0) is 6.42 Å². The van der Waals surface area contributed by atoms with Gasteiger partial charge in [0.2, 0.25) is 0 Å². The normalized spacial score (nSPS) is 13.6. The van der Waals surface area contributed by atoms with Crippen LogP contribution in [-0.4, -0.2) is 4.98 Å². The molecule has 0 amide bonds. The molecule has 3 heteroatoms. The maximum absolute atomic E-state index is 5.87. The quantitative estimate of drug-likeness (QED) is 0.624. The molecule has 56 valence electrons. The van der Waals surface area contributed by atoms with Gasteiger partial charge < -0.3 is 0 Å². The van der Waals surface area contributed by atoms with Crippen molar-refractivity contribution in [3.05, 3.63) is 33.0 Å². The monoisotopic (exact) mass is 229 g/mol. The maximum Gasteiger partial charge on any atom is 0.133 e. The summed E-state index contributed by atoms with van der Waals surface area (Å²) in [5.74, 6) is 0. The van der Waals surface area contributed by atoms with E-state index >= 15 is 0 Å². The molecular weight excluding hydrogens is 225 g/mol. The summed E-state index contributed by atoms with van der Waals surface area (Å²) in [4.78, 5) is 4.03. The van der Waals surface area contributed by atoms with Gasteiger partial charge in [-0.05, 0) is 27.9 Å². The van der Waals surface area contributed by atoms with Crippen molar-refractivity contribution in [1.29, 1.82) is 0 Å². The van der Waals surface area contributed by atoms with E-state index < -0.39 is 0 Å². The van der Waals surface area contributed by atoms with Gasteiger partial charge in [0.05, 0.1) is 0 Å². The summed E-state index contributed by atoms with van der Waals surface area (Å²) in [6.07, 6.45) is 6.79. The van der Waals surface area contributed by atoms with Crippen molar-refractivity contribution < 1.29 is 0 Å². The molecule has 0 N–H and O–H groups in total. The van der Waals surface area contributed by atoms with E-state index in [4.69, 9.17) is 11.6 Å². The molecule has 2 rings (SSSR count). The minimum Gasteiger partial charge on any atom is -0.243 e. The second-order valence-corrected chi connectivity index (χ2v) is 3.61. The molecule has 1 aromatic rings. The third-order valence-electron chi connectivity index (χ3n) is 1.73. The number of hydrogen-bond acceptors (Lipinski definition) is 1. The van der Waals surface area contributed by atoms with Crippen molar-refractivity contribution in [3.63, 3.8) is 0 Å². The van der Waals surface area contributed by atoms with Crippen LogP contribution >= 0.6 is 27.5 Å². The molecule has 0 spiro atoms. The molecule has 0 fully saturated rings. The topological polar surface area (TPSA) is 12.9 Å². The lowest BCUT2D eigenvalue weighted by Gasteiger charge is -2.01. The van der Waals surface area contributed by atoms with Crippen LogP contribution in [0.3, 0.4) is 0 Å². The molecule has 1 aromatic heterocycles. The van der Waals surface area contributed by atoms with Gasteiger partial charge in [-0.1, -0.05) is 23.8 Å². The summed E-state index contributed by atoms with van der Waals surface area (Å²) >= 11 is 9.28. The number of hydrogen-bond donors (Lipinski definition) is 0. The molecule has 1 heterocycles. The Balaban J connectivity index is 2.71. The number of aromatic nitrogens is 1. The van der Waals surface area contributed by atoms with Gasteiger partial charge in [0.15, 0.2) is 0 Å². The number of pyridine rings is 1. The number of allylic oxidation sites excluding steroid dienone is 1. The van der Waals surface area contributed by atoms with Crippen molar-refractivity contribution in [2.45, 2.75) is 6.42 Å². The van der Waals surface area contributed by atoms with E-state index in [2.05, 4.69) is 33.1 Å². The molecule has 0 saturated heterocycles. The summed E-state index contributed by atoms with van der Waals surface area (Å²) < 4.78 is 1.02. The Morgan fingerprint density at radius 3 is 3.09 bits per heavy atom. The first-order valence-corrected chi connectivity index (χ1v) is 4.45. The highest BCUT2D eigenvalue weighted by Crippen LogP contribution is 2.30. The number of rotatable bonds is 0. The van der Waals surface area contributed by atoms with Crippen molar-refractivity contribution >= 4 is 33.6 Å². The predicted molar refractivity (Wildman–Crippen MR) is 49.7 cm³/mol. The zero-order valence-electron chi connectivity index (χ0n) is 5.64. The first-order valence-electron chi connectivity index (χ1n) is 3.28. The number of halogens is 2. The molecule has 11 heavy (non-hydrogen) atoms. The molecule has 1 aliphatic carbocycles. The van der Waals surface area contributed by atoms with Gasteiger partial charge >= 0.3 is 0 Å². The second-order valence-electron chi connectivity index (χ2n) is 2.40. The van der Waals surface area contributed by atoms with Gasteiger partial charge in [-0.3, -0.25) is 0 Å². The Kier molecular flexibility index (Phi) is 1.74. The predicted octanol–water partition coefficient (Wildman–Crippen LogP) is 3.07. The summed E-state index contributed by atoms with van der Waals surface area (Å²) in [7, 11) is 0. The van der Waals surface area contributed by atoms with Crippen LogP contribution in [0, 0.1) is 0 Å². The first-order chi connectivity index (χ1) is 5.29. The van der Waals surface area contributed by atoms with Crippen LogP contribution in [0.4, 0.5) is 0 Å². The van der Waals surface area contributed by atoms with Crippen LogP contribution < -0.4 is 0 Å². The van der Waals surface area contributed by atoms with Gasteiger partial charge in [-0.15, -0.1) is 0 Å². The lowest BCUT2D eigenvalue weighted by molar-refractivity contribution is 1.20. The van der Waals surface area contributed by atoms with Crippen LogP contribution in [0.1, 0.15) is 11.1 Å². The van der Waals surface area contributed by atoms with E-state index in [1.54, 1.807) is 6.20 Å². The van der Waals surface area contributed by atoms with Gasteiger partial charge in [-0.25, -0.2) is 4.98 Å². The van der Waals surface area contributed by atoms with E-state index in [0.717, 1.165) is 16.5 Å². The lowest BCUT2D eigenvalue weighted by atomic mass is 10.2. The molecule has 1 aliphatic rings. The molecule has 0 aromatic carbocycles. The Hall–Kier alpha value is -0.340. The van der Waals surface area contributed by atoms with Crippen molar-refractivity contribution in [3.8, 4) is 0 Å². The third kappa shape index (κ3) is 1.10. The second kappa shape index (κ2) is 2.61. The third-order valence-corrected chi connectivity index (χ3v) is 2.69. The highest BCUT2D eigenvalue weighted by atomic mass is 79.9. The molecule has 0 radical (unpaired) electrons. The zero-order valence-corrected chi connectivity index (χ0v) is 7.98. The fourth-order valence-corrected chi connectivity index (χ4v) is 1.89. The Bertz CT molecular complexity index is 333. The molecule has 0 atom stereocenters. The minimum atomic E-state index is 0.619. The van der Waals surface area contributed by atoms with E-state index in [0.29, 0.717) is 5.15 Å². The van der Waals surface area contributed by atoms with Crippen LogP contribution in [0.25, 0.3) is 6.08 Å². The standard InChI is InChI=1S/C8H5BrClN/c9-7-4-11-8(10)6-3-1-2-5(6)7/h1-2,4H,3H2. The molecule has 1 nitrogen and oxygen atoms in total. The Labute approximate surface area is 78.2 Å². The van der Waals surface area contributed by atoms with Crippen LogP contribution in [0.5, 0.6) is 0 Å². The summed E-state index contributed by atoms with van der Waals surface area (Å²) in [6.45, 7) is 0. The van der Waals surface area contributed by atoms with Crippen molar-refractivity contribution in [2.75, 3.05) is 0 Å². The largest absolute Gasteiger partial charge is 0.243 e. The summed E-state index contributed by atoms with van der Waals surface area (Å²) in [6, 6.07) is 0. The van der Waals surface area contributed by atoms with Gasteiger partial charge in [0.1, 0.15) is 5.15 Å². The summed E-state index contributed by atoms with van der Waals surface area (Å²) in [5.41, 5.74) is 2.30. The maximum atomic E-state index is 5.87. The van der Waals surface area contributed by atoms with Gasteiger partial charge in [-0.2, -0.15) is 0 Å². The average molecular weight is 230 g/mol. The van der Waals surface area contributed by atoms with E-state index in [1.807, 2.05) is 0 Å². The lowest BCUT2D eigenvalue weighted by Crippen LogP contribution is -1.87. The van der Waals surface area contributed by atoms with E-state index in [9.17, 15) is 0 Å². The fraction of sp³-hybridized carbons (Fsp3) is 0.125. The van der Waals surface area contributed by atoms with Crippen LogP contribution in [0.2, 0.25) is 5.15 Å². The average Bonchev–Trinajstić information content (AvgIpc) is 2.45. The van der Waals surface area contributed by atoms with Crippen molar-refractivity contribution in [2.24, 2.45) is 0 Å². The zero-order chi connectivity index (χ0) is 7.84. The number of nitrogens with zero attached hydrogens (tertiary/aromatic N) is 1. The van der Waals surface area contributed by atoms with Crippen LogP contribution in [0.15, 0.2) is 16.7 Å². The van der Waals surface area contributed by atoms with Crippen molar-refractivity contribution in [1.82, 2.24) is 4.98 Å². The number of fused-ring (bicyclic) bond motifs is 1. The van der Waals surface area contributed by atoms with E-state index in [1.165, 1.54) is 5.56 Å². The smallest absolute Gasteiger partial charge is 0.133 e. The van der Waals surface area contributed by atoms with E-state index in [-0.39, 0.29) is 0 Å². The minimum absolute atomic E-state index is 0.619.